The van der Waals surface area contributed by atoms with Crippen LogP contribution < -0.4 is 15.8 Å². The van der Waals surface area contributed by atoms with Gasteiger partial charge in [-0.2, -0.15) is 0 Å². The summed E-state index contributed by atoms with van der Waals surface area (Å²) in [6.07, 6.45) is 2.11. The molecule has 2 saturated heterocycles. The number of nitrogens with two attached hydrogens (primary N) is 1. The quantitative estimate of drug-likeness (QED) is 0.461. The molecule has 3 aromatic heterocycles. The zero-order valence-electron chi connectivity index (χ0n) is 19.1. The third-order valence-electron chi connectivity index (χ3n) is 6.24. The summed E-state index contributed by atoms with van der Waals surface area (Å²) in [7, 11) is 1.83. The van der Waals surface area contributed by atoms with Crippen molar-refractivity contribution in [2.24, 2.45) is 0 Å². The molecule has 0 amide bonds. The Labute approximate surface area is 196 Å². The van der Waals surface area contributed by atoms with E-state index in [1.165, 1.54) is 6.33 Å². The van der Waals surface area contributed by atoms with E-state index >= 15 is 0 Å². The number of hydrogen-bond donors (Lipinski definition) is 2. The average Bonchev–Trinajstić information content (AvgIpc) is 3.48. The summed E-state index contributed by atoms with van der Waals surface area (Å²) in [5.41, 5.74) is 7.37. The van der Waals surface area contributed by atoms with E-state index in [1.807, 2.05) is 62.0 Å². The predicted molar refractivity (Wildman–Crippen MR) is 126 cm³/mol. The third kappa shape index (κ3) is 3.51. The highest BCUT2D eigenvalue weighted by Crippen LogP contribution is 2.44. The van der Waals surface area contributed by atoms with Gasteiger partial charge in [0.25, 0.3) is 0 Å². The number of ether oxygens (including phenoxy) is 4. The van der Waals surface area contributed by atoms with E-state index in [-0.39, 0.29) is 18.3 Å². The van der Waals surface area contributed by atoms with E-state index in [0.717, 1.165) is 27.8 Å². The van der Waals surface area contributed by atoms with Gasteiger partial charge in [0.2, 0.25) is 0 Å². The Kier molecular flexibility index (Phi) is 4.83. The van der Waals surface area contributed by atoms with E-state index in [2.05, 4.69) is 20.3 Å². The number of hydrogen-bond acceptors (Lipinski definition) is 9. The fourth-order valence-corrected chi connectivity index (χ4v) is 4.77. The minimum Gasteiger partial charge on any atom is -0.491 e. The molecule has 0 radical (unpaired) electrons. The van der Waals surface area contributed by atoms with Gasteiger partial charge >= 0.3 is 0 Å². The lowest BCUT2D eigenvalue weighted by molar-refractivity contribution is -0.198. The fraction of sp³-hybridized carbons (Fsp3) is 0.375. The first-order valence-corrected chi connectivity index (χ1v) is 11.2. The van der Waals surface area contributed by atoms with Crippen molar-refractivity contribution in [2.75, 3.05) is 24.7 Å². The van der Waals surface area contributed by atoms with E-state index in [0.29, 0.717) is 18.2 Å². The fourth-order valence-electron chi connectivity index (χ4n) is 4.77. The second-order valence-electron chi connectivity index (χ2n) is 8.96. The number of anilines is 2. The smallest absolute Gasteiger partial charge is 0.164 e. The minimum atomic E-state index is -0.728. The Morgan fingerprint density at radius 3 is 2.79 bits per heavy atom. The lowest BCUT2D eigenvalue weighted by atomic mass is 10.1. The van der Waals surface area contributed by atoms with Crippen molar-refractivity contribution in [1.82, 2.24) is 19.5 Å². The largest absolute Gasteiger partial charge is 0.491 e. The summed E-state index contributed by atoms with van der Waals surface area (Å²) in [6.45, 7) is 4.12. The van der Waals surface area contributed by atoms with Crippen LogP contribution in [0.5, 0.6) is 5.75 Å². The van der Waals surface area contributed by atoms with Gasteiger partial charge < -0.3 is 34.6 Å². The number of fused-ring (bicyclic) bond motifs is 3. The van der Waals surface area contributed by atoms with E-state index in [1.54, 1.807) is 6.07 Å². The van der Waals surface area contributed by atoms with Crippen LogP contribution >= 0.6 is 0 Å². The van der Waals surface area contributed by atoms with Crippen LogP contribution in [0.4, 0.5) is 11.6 Å². The molecule has 2 fully saturated rings. The zero-order valence-corrected chi connectivity index (χ0v) is 19.1. The van der Waals surface area contributed by atoms with Gasteiger partial charge in [-0.25, -0.2) is 15.0 Å². The lowest BCUT2D eigenvalue weighted by Crippen LogP contribution is -2.33. The molecule has 4 aromatic rings. The topological polar surface area (TPSA) is 119 Å². The number of nitrogens with one attached hydrogen (secondary N) is 1. The van der Waals surface area contributed by atoms with Crippen LogP contribution in [0.3, 0.4) is 0 Å². The summed E-state index contributed by atoms with van der Waals surface area (Å²) in [6, 6.07) is 11.4. The molecule has 3 N–H and O–H groups in total. The van der Waals surface area contributed by atoms with Gasteiger partial charge in [0, 0.05) is 24.7 Å². The summed E-state index contributed by atoms with van der Waals surface area (Å²) >= 11 is 0. The molecule has 1 aromatic carbocycles. The molecule has 2 aliphatic rings. The van der Waals surface area contributed by atoms with Crippen LogP contribution in [0.15, 0.2) is 48.9 Å². The van der Waals surface area contributed by atoms with Gasteiger partial charge in [-0.15, -0.1) is 0 Å². The highest BCUT2D eigenvalue weighted by molar-refractivity contribution is 5.87. The predicted octanol–water partition coefficient (Wildman–Crippen LogP) is 3.10. The van der Waals surface area contributed by atoms with Crippen LogP contribution in [0.1, 0.15) is 20.1 Å². The molecule has 0 spiro atoms. The minimum absolute atomic E-state index is 0.293. The summed E-state index contributed by atoms with van der Waals surface area (Å²) in [4.78, 5) is 13.2. The molecule has 0 saturated carbocycles. The maximum absolute atomic E-state index is 6.45. The van der Waals surface area contributed by atoms with Gasteiger partial charge in [-0.1, -0.05) is 0 Å². The van der Waals surface area contributed by atoms with Gasteiger partial charge in [0.1, 0.15) is 54.3 Å². The van der Waals surface area contributed by atoms with Crippen LogP contribution in [0.25, 0.3) is 21.9 Å². The molecule has 1 unspecified atom stereocenters. The van der Waals surface area contributed by atoms with Crippen LogP contribution in [0.2, 0.25) is 0 Å². The molecule has 0 aliphatic carbocycles. The van der Waals surface area contributed by atoms with Gasteiger partial charge in [0.15, 0.2) is 12.0 Å². The number of aromatic nitrogens is 4. The highest BCUT2D eigenvalue weighted by atomic mass is 16.8. The Morgan fingerprint density at radius 1 is 1.12 bits per heavy atom. The van der Waals surface area contributed by atoms with Crippen molar-refractivity contribution < 1.29 is 18.9 Å². The first-order chi connectivity index (χ1) is 16.4. The molecule has 0 bridgehead atoms. The van der Waals surface area contributed by atoms with E-state index in [9.17, 15) is 0 Å². The maximum Gasteiger partial charge on any atom is 0.164 e. The molecule has 34 heavy (non-hydrogen) atoms. The van der Waals surface area contributed by atoms with Crippen LogP contribution in [-0.2, 0) is 14.2 Å². The Bertz CT molecular complexity index is 1370. The molecule has 6 rings (SSSR count). The Hall–Kier alpha value is -3.47. The SMILES string of the molecule is CNc1ncnc2c1ccn2[C@@H]1OC(COc2ccc3ccc(N)nc3c2)[C@H]2OC(C)(C)O[C@H]21. The highest BCUT2D eigenvalue weighted by Gasteiger charge is 2.56. The first-order valence-electron chi connectivity index (χ1n) is 11.2. The van der Waals surface area contributed by atoms with Crippen molar-refractivity contribution in [3.05, 3.63) is 48.9 Å². The molecule has 4 atom stereocenters. The first kappa shape index (κ1) is 21.1. The van der Waals surface area contributed by atoms with Crippen LogP contribution in [0, 0.1) is 0 Å². The number of rotatable bonds is 5. The standard InChI is InChI=1S/C24H26N6O4/c1-24(2)33-19-17(11-31-14-6-4-13-5-7-18(25)29-16(13)10-14)32-23(20(19)34-24)30-9-8-15-21(26-3)27-12-28-22(15)30/h4-10,12,17,19-20,23H,11H2,1-3H3,(H2,25,29)(H,26,27,28)/t17?,19-,20-,23-/m1/s1. The maximum atomic E-state index is 6.45. The second kappa shape index (κ2) is 7.79. The van der Waals surface area contributed by atoms with Gasteiger partial charge in [-0.05, 0) is 44.2 Å². The zero-order chi connectivity index (χ0) is 23.4. The molecule has 176 valence electrons. The van der Waals surface area contributed by atoms with Crippen molar-refractivity contribution in [3.63, 3.8) is 0 Å². The number of nitrogen functional groups attached to an aromatic ring is 1. The van der Waals surface area contributed by atoms with Crippen molar-refractivity contribution in [2.45, 2.75) is 44.2 Å². The number of nitrogens with zero attached hydrogens (tertiary/aromatic N) is 4. The van der Waals surface area contributed by atoms with Crippen molar-refractivity contribution in [1.29, 1.82) is 0 Å². The summed E-state index contributed by atoms with van der Waals surface area (Å²) in [5.74, 6) is 1.18. The average molecular weight is 463 g/mol. The van der Waals surface area contributed by atoms with Crippen LogP contribution in [-0.4, -0.2) is 57.3 Å². The Morgan fingerprint density at radius 2 is 1.94 bits per heavy atom. The molecular weight excluding hydrogens is 436 g/mol. The Balaban J connectivity index is 1.27. The summed E-state index contributed by atoms with van der Waals surface area (Å²) < 4.78 is 27.0. The second-order valence-corrected chi connectivity index (χ2v) is 8.96. The lowest BCUT2D eigenvalue weighted by Gasteiger charge is -2.25. The third-order valence-corrected chi connectivity index (χ3v) is 6.24. The molecular formula is C24H26N6O4. The molecule has 10 heteroatoms. The van der Waals surface area contributed by atoms with Crippen molar-refractivity contribution in [3.8, 4) is 5.75 Å². The number of benzene rings is 1. The normalized spacial score (nSPS) is 25.6. The monoisotopic (exact) mass is 462 g/mol. The molecule has 10 nitrogen and oxygen atoms in total. The van der Waals surface area contributed by atoms with Crippen molar-refractivity contribution >= 4 is 33.6 Å². The van der Waals surface area contributed by atoms with E-state index in [4.69, 9.17) is 24.7 Å². The number of pyridine rings is 1. The van der Waals surface area contributed by atoms with Gasteiger partial charge in [-0.3, -0.25) is 0 Å². The summed E-state index contributed by atoms with van der Waals surface area (Å²) in [5, 5.41) is 5.01. The molecule has 2 aliphatic heterocycles. The molecule has 5 heterocycles. The van der Waals surface area contributed by atoms with E-state index < -0.39 is 12.0 Å². The van der Waals surface area contributed by atoms with Gasteiger partial charge in [0.05, 0.1) is 10.9 Å².